The van der Waals surface area contributed by atoms with Gasteiger partial charge in [0.15, 0.2) is 0 Å². The summed E-state index contributed by atoms with van der Waals surface area (Å²) < 4.78 is 36.8. The molecule has 0 spiro atoms. The average Bonchev–Trinajstić information content (AvgIpc) is 2.96. The van der Waals surface area contributed by atoms with Crippen molar-refractivity contribution in [3.8, 4) is 11.5 Å². The zero-order valence-corrected chi connectivity index (χ0v) is 22.0. The standard InChI is InChI=1S/C31H37FN2O4/c1-35-16-3-14-34-15-17-36-30-11-8-24(18-29(30)34)22-38-31-20-33-13-12-28(31)25-9-6-23(7-10-25)21-37-27-5-2-4-26(32)19-27/h2,4-11,18-19,28,31,33H,3,12-17,20-22H2,1H3. The molecule has 202 valence electrons. The van der Waals surface area contributed by atoms with Gasteiger partial charge in [-0.05, 0) is 60.3 Å². The average molecular weight is 521 g/mol. The molecule has 2 atom stereocenters. The minimum absolute atomic E-state index is 0.0863. The Balaban J connectivity index is 1.19. The number of halogens is 1. The van der Waals surface area contributed by atoms with E-state index in [-0.39, 0.29) is 11.9 Å². The van der Waals surface area contributed by atoms with Gasteiger partial charge in [0.2, 0.25) is 0 Å². The summed E-state index contributed by atoms with van der Waals surface area (Å²) in [7, 11) is 1.74. The van der Waals surface area contributed by atoms with Gasteiger partial charge in [0, 0.05) is 38.8 Å². The fraction of sp³-hybridized carbons (Fsp3) is 0.419. The van der Waals surface area contributed by atoms with Gasteiger partial charge >= 0.3 is 0 Å². The first kappa shape index (κ1) is 26.5. The molecule has 7 heteroatoms. The van der Waals surface area contributed by atoms with E-state index in [4.69, 9.17) is 18.9 Å². The maximum absolute atomic E-state index is 13.4. The van der Waals surface area contributed by atoms with E-state index in [1.165, 1.54) is 17.7 Å². The lowest BCUT2D eigenvalue weighted by Crippen LogP contribution is -2.41. The van der Waals surface area contributed by atoms with Crippen LogP contribution < -0.4 is 19.7 Å². The first-order valence-electron chi connectivity index (χ1n) is 13.5. The first-order valence-corrected chi connectivity index (χ1v) is 13.5. The van der Waals surface area contributed by atoms with Crippen molar-refractivity contribution in [3.05, 3.63) is 89.2 Å². The molecule has 2 heterocycles. The second-order valence-corrected chi connectivity index (χ2v) is 9.92. The predicted molar refractivity (Wildman–Crippen MR) is 147 cm³/mol. The van der Waals surface area contributed by atoms with Crippen molar-refractivity contribution in [2.75, 3.05) is 51.4 Å². The van der Waals surface area contributed by atoms with Gasteiger partial charge in [0.1, 0.15) is 30.5 Å². The van der Waals surface area contributed by atoms with Crippen LogP contribution in [0, 0.1) is 5.82 Å². The maximum Gasteiger partial charge on any atom is 0.142 e. The molecule has 0 aliphatic carbocycles. The Morgan fingerprint density at radius 1 is 1.03 bits per heavy atom. The van der Waals surface area contributed by atoms with E-state index < -0.39 is 0 Å². The van der Waals surface area contributed by atoms with Crippen molar-refractivity contribution in [2.45, 2.75) is 38.1 Å². The number of nitrogens with zero attached hydrogens (tertiary/aromatic N) is 1. The van der Waals surface area contributed by atoms with Crippen LogP contribution in [0.25, 0.3) is 0 Å². The van der Waals surface area contributed by atoms with E-state index in [2.05, 4.69) is 52.7 Å². The van der Waals surface area contributed by atoms with Crippen LogP contribution in [-0.4, -0.2) is 52.6 Å². The summed E-state index contributed by atoms with van der Waals surface area (Å²) >= 11 is 0. The number of nitrogens with one attached hydrogen (secondary N) is 1. The molecular weight excluding hydrogens is 483 g/mol. The molecule has 2 aliphatic heterocycles. The van der Waals surface area contributed by atoms with Gasteiger partial charge in [-0.25, -0.2) is 4.39 Å². The van der Waals surface area contributed by atoms with Crippen LogP contribution in [0.4, 0.5) is 10.1 Å². The summed E-state index contributed by atoms with van der Waals surface area (Å²) in [5.41, 5.74) is 4.62. The van der Waals surface area contributed by atoms with Gasteiger partial charge < -0.3 is 29.2 Å². The molecule has 1 saturated heterocycles. The number of fused-ring (bicyclic) bond motifs is 1. The number of ether oxygens (including phenoxy) is 4. The first-order chi connectivity index (χ1) is 18.7. The SMILES string of the molecule is COCCCN1CCOc2ccc(COC3CNCCC3c3ccc(COc4cccc(F)c4)cc3)cc21. The molecule has 0 saturated carbocycles. The van der Waals surface area contributed by atoms with E-state index in [0.717, 1.165) is 68.2 Å². The van der Waals surface area contributed by atoms with Gasteiger partial charge in [0.25, 0.3) is 0 Å². The zero-order valence-electron chi connectivity index (χ0n) is 22.0. The van der Waals surface area contributed by atoms with Crippen LogP contribution in [-0.2, 0) is 22.7 Å². The van der Waals surface area contributed by atoms with Crippen molar-refractivity contribution in [1.82, 2.24) is 5.32 Å². The smallest absolute Gasteiger partial charge is 0.142 e. The van der Waals surface area contributed by atoms with Gasteiger partial charge in [-0.2, -0.15) is 0 Å². The molecule has 3 aromatic carbocycles. The number of hydrogen-bond acceptors (Lipinski definition) is 6. The summed E-state index contributed by atoms with van der Waals surface area (Å²) in [6.07, 6.45) is 2.10. The summed E-state index contributed by atoms with van der Waals surface area (Å²) in [6.45, 7) is 6.06. The molecule has 1 fully saturated rings. The highest BCUT2D eigenvalue weighted by Gasteiger charge is 2.27. The lowest BCUT2D eigenvalue weighted by Gasteiger charge is -2.33. The van der Waals surface area contributed by atoms with Crippen molar-refractivity contribution in [3.63, 3.8) is 0 Å². The molecule has 0 bridgehead atoms. The highest BCUT2D eigenvalue weighted by Crippen LogP contribution is 2.34. The number of benzene rings is 3. The van der Waals surface area contributed by atoms with Crippen LogP contribution in [0.1, 0.15) is 35.4 Å². The third-order valence-corrected chi connectivity index (χ3v) is 7.26. The van der Waals surface area contributed by atoms with E-state index in [1.807, 2.05) is 0 Å². The van der Waals surface area contributed by atoms with E-state index in [9.17, 15) is 4.39 Å². The number of anilines is 1. The molecule has 6 nitrogen and oxygen atoms in total. The van der Waals surface area contributed by atoms with E-state index >= 15 is 0 Å². The molecule has 2 unspecified atom stereocenters. The van der Waals surface area contributed by atoms with Gasteiger partial charge in [-0.15, -0.1) is 0 Å². The van der Waals surface area contributed by atoms with Crippen molar-refractivity contribution >= 4 is 5.69 Å². The largest absolute Gasteiger partial charge is 0.490 e. The van der Waals surface area contributed by atoms with Gasteiger partial charge in [0.05, 0.1) is 24.9 Å². The fourth-order valence-corrected chi connectivity index (χ4v) is 5.21. The number of piperidine rings is 1. The van der Waals surface area contributed by atoms with Crippen LogP contribution in [0.15, 0.2) is 66.7 Å². The molecule has 0 aromatic heterocycles. The molecule has 38 heavy (non-hydrogen) atoms. The molecule has 2 aliphatic rings. The maximum atomic E-state index is 13.4. The molecule has 0 amide bonds. The van der Waals surface area contributed by atoms with Crippen LogP contribution in [0.3, 0.4) is 0 Å². The Hall–Kier alpha value is -3.13. The summed E-state index contributed by atoms with van der Waals surface area (Å²) in [5, 5.41) is 3.50. The normalized spacial score (nSPS) is 19.1. The summed E-state index contributed by atoms with van der Waals surface area (Å²) in [5.74, 6) is 1.50. The van der Waals surface area contributed by atoms with Crippen LogP contribution in [0.5, 0.6) is 11.5 Å². The van der Waals surface area contributed by atoms with Gasteiger partial charge in [-0.3, -0.25) is 0 Å². The second-order valence-electron chi connectivity index (χ2n) is 9.92. The van der Waals surface area contributed by atoms with Crippen molar-refractivity contribution in [2.24, 2.45) is 0 Å². The molecule has 0 radical (unpaired) electrons. The quantitative estimate of drug-likeness (QED) is 0.346. The number of rotatable bonds is 11. The highest BCUT2D eigenvalue weighted by atomic mass is 19.1. The monoisotopic (exact) mass is 520 g/mol. The third-order valence-electron chi connectivity index (χ3n) is 7.26. The molecule has 1 N–H and O–H groups in total. The Morgan fingerprint density at radius 3 is 2.74 bits per heavy atom. The topological polar surface area (TPSA) is 52.2 Å². The molecule has 3 aromatic rings. The Bertz CT molecular complexity index is 1170. The van der Waals surface area contributed by atoms with Gasteiger partial charge in [-0.1, -0.05) is 36.4 Å². The zero-order chi connectivity index (χ0) is 26.2. The Kier molecular flexibility index (Phi) is 9.12. The highest BCUT2D eigenvalue weighted by molar-refractivity contribution is 5.61. The summed E-state index contributed by atoms with van der Waals surface area (Å²) in [4.78, 5) is 2.38. The minimum Gasteiger partial charge on any atom is -0.490 e. The van der Waals surface area contributed by atoms with E-state index in [0.29, 0.717) is 31.5 Å². The summed E-state index contributed by atoms with van der Waals surface area (Å²) in [6, 6.07) is 21.1. The van der Waals surface area contributed by atoms with E-state index in [1.54, 1.807) is 19.2 Å². The van der Waals surface area contributed by atoms with Crippen LogP contribution >= 0.6 is 0 Å². The second kappa shape index (κ2) is 13.1. The lowest BCUT2D eigenvalue weighted by molar-refractivity contribution is 0.0106. The Labute approximate surface area is 224 Å². The molecular formula is C31H37FN2O4. The number of methoxy groups -OCH3 is 1. The third kappa shape index (κ3) is 6.84. The van der Waals surface area contributed by atoms with Crippen molar-refractivity contribution < 1.29 is 23.3 Å². The Morgan fingerprint density at radius 2 is 1.89 bits per heavy atom. The number of hydrogen-bond donors (Lipinski definition) is 1. The lowest BCUT2D eigenvalue weighted by atomic mass is 9.87. The minimum atomic E-state index is -0.294. The van der Waals surface area contributed by atoms with Crippen LogP contribution in [0.2, 0.25) is 0 Å². The molecule has 5 rings (SSSR count). The van der Waals surface area contributed by atoms with Crippen molar-refractivity contribution in [1.29, 1.82) is 0 Å². The predicted octanol–water partition coefficient (Wildman–Crippen LogP) is 5.30. The fourth-order valence-electron chi connectivity index (χ4n) is 5.21.